The van der Waals surface area contributed by atoms with E-state index in [1.54, 1.807) is 0 Å². The van der Waals surface area contributed by atoms with Gasteiger partial charge in [-0.05, 0) is 44.6 Å². The van der Waals surface area contributed by atoms with E-state index in [1.165, 1.54) is 90.3 Å². The summed E-state index contributed by atoms with van der Waals surface area (Å²) in [5.41, 5.74) is 0.980. The van der Waals surface area contributed by atoms with Crippen molar-refractivity contribution in [2.24, 2.45) is 5.92 Å². The summed E-state index contributed by atoms with van der Waals surface area (Å²) in [6, 6.07) is 0. The molecule has 0 aromatic carbocycles. The maximum absolute atomic E-state index is 4.07. The Morgan fingerprint density at radius 2 is 1.52 bits per heavy atom. The van der Waals surface area contributed by atoms with E-state index in [0.29, 0.717) is 11.1 Å². The third-order valence-electron chi connectivity index (χ3n) is 6.53. The second kappa shape index (κ2) is 6.58. The van der Waals surface area contributed by atoms with Crippen LogP contribution in [0.5, 0.6) is 0 Å². The maximum Gasteiger partial charge on any atom is 0.0334 e. The van der Waals surface area contributed by atoms with Gasteiger partial charge in [-0.1, -0.05) is 52.4 Å². The lowest BCUT2D eigenvalue weighted by Crippen LogP contribution is -2.70. The van der Waals surface area contributed by atoms with Gasteiger partial charge in [-0.15, -0.1) is 0 Å². The van der Waals surface area contributed by atoms with Crippen molar-refractivity contribution >= 4 is 0 Å². The first kappa shape index (κ1) is 15.8. The minimum Gasteiger partial charge on any atom is -0.308 e. The van der Waals surface area contributed by atoms with Gasteiger partial charge in [0, 0.05) is 24.2 Å². The Morgan fingerprint density at radius 3 is 2.14 bits per heavy atom. The van der Waals surface area contributed by atoms with Gasteiger partial charge in [0.05, 0.1) is 0 Å². The molecule has 21 heavy (non-hydrogen) atoms. The molecule has 0 aromatic rings. The van der Waals surface area contributed by atoms with Crippen molar-refractivity contribution in [3.8, 4) is 0 Å². The highest BCUT2D eigenvalue weighted by Crippen LogP contribution is 2.41. The predicted molar refractivity (Wildman–Crippen MR) is 90.7 cm³/mol. The normalized spacial score (nSPS) is 29.3. The Labute approximate surface area is 132 Å². The van der Waals surface area contributed by atoms with Crippen LogP contribution in [-0.2, 0) is 0 Å². The van der Waals surface area contributed by atoms with Gasteiger partial charge in [0.15, 0.2) is 0 Å². The molecular formula is C19H36N2. The molecular weight excluding hydrogens is 256 g/mol. The van der Waals surface area contributed by atoms with Gasteiger partial charge in [-0.3, -0.25) is 4.90 Å². The number of rotatable bonds is 3. The molecule has 2 spiro atoms. The molecule has 2 heteroatoms. The summed E-state index contributed by atoms with van der Waals surface area (Å²) in [6.45, 7) is 8.70. The summed E-state index contributed by atoms with van der Waals surface area (Å²) in [4.78, 5) is 2.95. The Hall–Kier alpha value is -0.0800. The smallest absolute Gasteiger partial charge is 0.0334 e. The number of piperazine rings is 1. The molecule has 2 nitrogen and oxygen atoms in total. The fraction of sp³-hybridized carbons (Fsp3) is 1.00. The standard InChI is InChI=1S/C19H36N2/c1-17(2)9-14-21-16-18(10-5-3-6-11-18)20-15-19(21)12-7-4-8-13-19/h17,20H,3-16H2,1-2H3. The first-order chi connectivity index (χ1) is 10.1. The van der Waals surface area contributed by atoms with E-state index in [0.717, 1.165) is 5.92 Å². The van der Waals surface area contributed by atoms with Crippen molar-refractivity contribution < 1.29 is 0 Å². The largest absolute Gasteiger partial charge is 0.308 e. The van der Waals surface area contributed by atoms with E-state index in [2.05, 4.69) is 24.1 Å². The summed E-state index contributed by atoms with van der Waals surface area (Å²) in [5.74, 6) is 0.836. The SMILES string of the molecule is CC(C)CCN1CC2(CCCCC2)NCC12CCCCC2. The molecule has 0 atom stereocenters. The molecule has 122 valence electrons. The average molecular weight is 293 g/mol. The highest BCUT2D eigenvalue weighted by molar-refractivity contribution is 5.07. The van der Waals surface area contributed by atoms with E-state index in [-0.39, 0.29) is 0 Å². The van der Waals surface area contributed by atoms with Gasteiger partial charge in [-0.2, -0.15) is 0 Å². The average Bonchev–Trinajstić information content (AvgIpc) is 2.51. The van der Waals surface area contributed by atoms with Crippen molar-refractivity contribution in [3.05, 3.63) is 0 Å². The van der Waals surface area contributed by atoms with Gasteiger partial charge in [0.1, 0.15) is 0 Å². The van der Waals surface area contributed by atoms with E-state index in [1.807, 2.05) is 0 Å². The monoisotopic (exact) mass is 292 g/mol. The zero-order chi connectivity index (χ0) is 14.8. The molecule has 1 aliphatic heterocycles. The van der Waals surface area contributed by atoms with Crippen LogP contribution in [0.15, 0.2) is 0 Å². The summed E-state index contributed by atoms with van der Waals surface area (Å²) in [6.07, 6.45) is 15.8. The van der Waals surface area contributed by atoms with Crippen LogP contribution in [0.3, 0.4) is 0 Å². The molecule has 1 saturated heterocycles. The summed E-state index contributed by atoms with van der Waals surface area (Å²) in [7, 11) is 0. The van der Waals surface area contributed by atoms with E-state index >= 15 is 0 Å². The lowest BCUT2D eigenvalue weighted by Gasteiger charge is -2.57. The highest BCUT2D eigenvalue weighted by Gasteiger charge is 2.47. The molecule has 0 radical (unpaired) electrons. The fourth-order valence-electron chi connectivity index (χ4n) is 5.05. The van der Waals surface area contributed by atoms with Crippen molar-refractivity contribution in [1.29, 1.82) is 0 Å². The van der Waals surface area contributed by atoms with Gasteiger partial charge >= 0.3 is 0 Å². The van der Waals surface area contributed by atoms with Crippen LogP contribution in [0, 0.1) is 5.92 Å². The van der Waals surface area contributed by atoms with Crippen molar-refractivity contribution in [2.75, 3.05) is 19.6 Å². The number of hydrogen-bond acceptors (Lipinski definition) is 2. The molecule has 0 unspecified atom stereocenters. The van der Waals surface area contributed by atoms with Crippen molar-refractivity contribution in [1.82, 2.24) is 10.2 Å². The molecule has 0 aromatic heterocycles. The van der Waals surface area contributed by atoms with Crippen molar-refractivity contribution in [3.63, 3.8) is 0 Å². The van der Waals surface area contributed by atoms with Gasteiger partial charge in [0.2, 0.25) is 0 Å². The Balaban J connectivity index is 1.72. The summed E-state index contributed by atoms with van der Waals surface area (Å²) >= 11 is 0. The Kier molecular flexibility index (Phi) is 4.95. The van der Waals surface area contributed by atoms with Crippen LogP contribution in [-0.4, -0.2) is 35.6 Å². The van der Waals surface area contributed by atoms with E-state index < -0.39 is 0 Å². The van der Waals surface area contributed by atoms with Crippen molar-refractivity contribution in [2.45, 2.75) is 95.6 Å². The molecule has 3 rings (SSSR count). The molecule has 3 fully saturated rings. The third-order valence-corrected chi connectivity index (χ3v) is 6.53. The number of nitrogens with zero attached hydrogens (tertiary/aromatic N) is 1. The Bertz CT molecular complexity index is 324. The highest BCUT2D eigenvalue weighted by atomic mass is 15.3. The second-order valence-electron chi connectivity index (χ2n) is 8.58. The van der Waals surface area contributed by atoms with Gasteiger partial charge < -0.3 is 5.32 Å². The molecule has 2 saturated carbocycles. The second-order valence-corrected chi connectivity index (χ2v) is 8.58. The maximum atomic E-state index is 4.07. The third kappa shape index (κ3) is 3.47. The first-order valence-electron chi connectivity index (χ1n) is 9.64. The quantitative estimate of drug-likeness (QED) is 0.832. The predicted octanol–water partition coefficient (Wildman–Crippen LogP) is 4.34. The lowest BCUT2D eigenvalue weighted by molar-refractivity contribution is -0.0318. The Morgan fingerprint density at radius 1 is 0.905 bits per heavy atom. The van der Waals surface area contributed by atoms with Crippen LogP contribution < -0.4 is 5.32 Å². The first-order valence-corrected chi connectivity index (χ1v) is 9.64. The molecule has 3 aliphatic rings. The molecule has 1 N–H and O–H groups in total. The van der Waals surface area contributed by atoms with Crippen LogP contribution >= 0.6 is 0 Å². The molecule has 1 heterocycles. The van der Waals surface area contributed by atoms with Crippen LogP contribution in [0.2, 0.25) is 0 Å². The lowest BCUT2D eigenvalue weighted by atomic mass is 9.72. The van der Waals surface area contributed by atoms with Crippen LogP contribution in [0.1, 0.15) is 84.5 Å². The minimum absolute atomic E-state index is 0.470. The van der Waals surface area contributed by atoms with E-state index in [4.69, 9.17) is 0 Å². The molecule has 0 bridgehead atoms. The minimum atomic E-state index is 0.470. The topological polar surface area (TPSA) is 15.3 Å². The van der Waals surface area contributed by atoms with Gasteiger partial charge in [-0.25, -0.2) is 0 Å². The number of hydrogen-bond donors (Lipinski definition) is 1. The fourth-order valence-corrected chi connectivity index (χ4v) is 5.05. The van der Waals surface area contributed by atoms with Crippen LogP contribution in [0.4, 0.5) is 0 Å². The summed E-state index contributed by atoms with van der Waals surface area (Å²) in [5, 5.41) is 4.07. The molecule has 2 aliphatic carbocycles. The molecule has 0 amide bonds. The summed E-state index contributed by atoms with van der Waals surface area (Å²) < 4.78 is 0. The van der Waals surface area contributed by atoms with Gasteiger partial charge in [0.25, 0.3) is 0 Å². The number of nitrogens with one attached hydrogen (secondary N) is 1. The van der Waals surface area contributed by atoms with Crippen LogP contribution in [0.25, 0.3) is 0 Å². The zero-order valence-corrected chi connectivity index (χ0v) is 14.4. The zero-order valence-electron chi connectivity index (χ0n) is 14.4. The van der Waals surface area contributed by atoms with E-state index in [9.17, 15) is 0 Å².